The van der Waals surface area contributed by atoms with Crippen LogP contribution in [0.25, 0.3) is 0 Å². The van der Waals surface area contributed by atoms with Crippen LogP contribution in [0.4, 0.5) is 0 Å². The van der Waals surface area contributed by atoms with Gasteiger partial charge in [0.2, 0.25) is 0 Å². The highest BCUT2D eigenvalue weighted by Gasteiger charge is 2.32. The van der Waals surface area contributed by atoms with Gasteiger partial charge in [-0.2, -0.15) is 0 Å². The Morgan fingerprint density at radius 3 is 2.79 bits per heavy atom. The summed E-state index contributed by atoms with van der Waals surface area (Å²) in [5.74, 6) is 1.48. The first kappa shape index (κ1) is 17.4. The van der Waals surface area contributed by atoms with Crippen LogP contribution in [-0.4, -0.2) is 46.3 Å². The van der Waals surface area contributed by atoms with Gasteiger partial charge < -0.3 is 15.1 Å². The number of hydrogen-bond donors (Lipinski definition) is 2. The highest BCUT2D eigenvalue weighted by molar-refractivity contribution is 7.09. The molecule has 1 aliphatic heterocycles. The zero-order valence-electron chi connectivity index (χ0n) is 14.1. The Bertz CT molecular complexity index is 615. The third-order valence-electron chi connectivity index (χ3n) is 5.04. The Labute approximate surface area is 147 Å². The average Bonchev–Trinajstić information content (AvgIpc) is 3.22. The maximum atomic E-state index is 9.73. The molecule has 4 nitrogen and oxygen atoms in total. The van der Waals surface area contributed by atoms with Crippen molar-refractivity contribution in [2.24, 2.45) is 11.8 Å². The van der Waals surface area contributed by atoms with E-state index in [2.05, 4.69) is 34.3 Å². The Morgan fingerprint density at radius 2 is 2.12 bits per heavy atom. The molecule has 2 aromatic rings. The third kappa shape index (κ3) is 4.35. The predicted molar refractivity (Wildman–Crippen MR) is 97.5 cm³/mol. The molecule has 130 valence electrons. The molecule has 3 rings (SSSR count). The summed E-state index contributed by atoms with van der Waals surface area (Å²) < 4.78 is 0. The number of rotatable bonds is 7. The lowest BCUT2D eigenvalue weighted by Crippen LogP contribution is -2.26. The summed E-state index contributed by atoms with van der Waals surface area (Å²) in [5.41, 5.74) is 1.01. The maximum absolute atomic E-state index is 9.73. The van der Waals surface area contributed by atoms with Crippen molar-refractivity contribution in [2.45, 2.75) is 25.7 Å². The Morgan fingerprint density at radius 1 is 1.29 bits per heavy atom. The molecule has 3 atom stereocenters. The van der Waals surface area contributed by atoms with Gasteiger partial charge in [-0.15, -0.1) is 11.3 Å². The summed E-state index contributed by atoms with van der Waals surface area (Å²) in [6, 6.07) is 7.90. The van der Waals surface area contributed by atoms with Crippen LogP contribution in [0.2, 0.25) is 0 Å². The molecule has 1 unspecified atom stereocenters. The van der Waals surface area contributed by atoms with Gasteiger partial charge in [0.15, 0.2) is 0 Å². The molecule has 1 saturated heterocycles. The quantitative estimate of drug-likeness (QED) is 0.809. The molecule has 0 radical (unpaired) electrons. The number of aromatic hydroxyl groups is 1. The van der Waals surface area contributed by atoms with Crippen molar-refractivity contribution in [3.05, 3.63) is 46.4 Å². The first-order valence-corrected chi connectivity index (χ1v) is 9.54. The average molecular weight is 346 g/mol. The number of hydrogen-bond acceptors (Lipinski definition) is 5. The number of aryl methyl sites for hydroxylation is 1. The largest absolute Gasteiger partial charge is 0.506 e. The standard InChI is InChI=1S/C19H26N2O2S/c1-14(19-7-5-17(23)9-20-19)10-21-11-15(16(12-21)13-22)4-6-18-3-2-8-24-18/h2-3,5,7-9,14-16,22-23H,4,6,10-13H2,1H3/t14?,15-,16-/m1/s1. The van der Waals surface area contributed by atoms with Gasteiger partial charge in [-0.3, -0.25) is 4.98 Å². The van der Waals surface area contributed by atoms with Gasteiger partial charge in [0.05, 0.1) is 6.20 Å². The van der Waals surface area contributed by atoms with Crippen molar-refractivity contribution in [2.75, 3.05) is 26.2 Å². The first-order valence-electron chi connectivity index (χ1n) is 8.66. The molecule has 0 amide bonds. The monoisotopic (exact) mass is 346 g/mol. The van der Waals surface area contributed by atoms with Crippen molar-refractivity contribution in [3.63, 3.8) is 0 Å². The van der Waals surface area contributed by atoms with Crippen LogP contribution in [0, 0.1) is 11.8 Å². The van der Waals surface area contributed by atoms with E-state index in [0.29, 0.717) is 17.8 Å². The minimum Gasteiger partial charge on any atom is -0.506 e. The second kappa shape index (κ2) is 8.10. The zero-order chi connectivity index (χ0) is 16.9. The van der Waals surface area contributed by atoms with Gasteiger partial charge in [0.25, 0.3) is 0 Å². The van der Waals surface area contributed by atoms with E-state index in [4.69, 9.17) is 0 Å². The van der Waals surface area contributed by atoms with E-state index >= 15 is 0 Å². The number of likely N-dealkylation sites (tertiary alicyclic amines) is 1. The van der Waals surface area contributed by atoms with Gasteiger partial charge in [0.1, 0.15) is 5.75 Å². The summed E-state index contributed by atoms with van der Waals surface area (Å²) in [7, 11) is 0. The second-order valence-corrected chi connectivity index (χ2v) is 7.91. The lowest BCUT2D eigenvalue weighted by Gasteiger charge is -2.20. The van der Waals surface area contributed by atoms with Crippen LogP contribution < -0.4 is 0 Å². The molecule has 1 fully saturated rings. The molecule has 1 aliphatic rings. The summed E-state index contributed by atoms with van der Waals surface area (Å²) >= 11 is 1.82. The number of aromatic nitrogens is 1. The normalized spacial score (nSPS) is 22.8. The Balaban J connectivity index is 1.54. The van der Waals surface area contributed by atoms with Crippen molar-refractivity contribution in [1.82, 2.24) is 9.88 Å². The van der Waals surface area contributed by atoms with Gasteiger partial charge in [-0.05, 0) is 48.3 Å². The lowest BCUT2D eigenvalue weighted by molar-refractivity contribution is 0.196. The van der Waals surface area contributed by atoms with E-state index in [1.54, 1.807) is 6.07 Å². The minimum atomic E-state index is 0.209. The summed E-state index contributed by atoms with van der Waals surface area (Å²) in [4.78, 5) is 8.22. The summed E-state index contributed by atoms with van der Waals surface area (Å²) in [5, 5.41) is 21.2. The Kier molecular flexibility index (Phi) is 5.87. The highest BCUT2D eigenvalue weighted by atomic mass is 32.1. The molecule has 0 saturated carbocycles. The zero-order valence-corrected chi connectivity index (χ0v) is 15.0. The number of aliphatic hydroxyl groups excluding tert-OH is 1. The van der Waals surface area contributed by atoms with Gasteiger partial charge in [0, 0.05) is 42.7 Å². The molecule has 0 spiro atoms. The SMILES string of the molecule is CC(CN1C[C@@H](CCc2cccs2)[C@@H](CO)C1)c1ccc(O)cn1. The molecular weight excluding hydrogens is 320 g/mol. The number of aliphatic hydroxyl groups is 1. The smallest absolute Gasteiger partial charge is 0.133 e. The molecule has 2 N–H and O–H groups in total. The predicted octanol–water partition coefficient (Wildman–Crippen LogP) is 3.13. The van der Waals surface area contributed by atoms with Crippen molar-refractivity contribution < 1.29 is 10.2 Å². The highest BCUT2D eigenvalue weighted by Crippen LogP contribution is 2.29. The first-order chi connectivity index (χ1) is 11.7. The van der Waals surface area contributed by atoms with E-state index in [1.807, 2.05) is 17.4 Å². The molecule has 0 bridgehead atoms. The van der Waals surface area contributed by atoms with Crippen LogP contribution in [0.5, 0.6) is 5.75 Å². The summed E-state index contributed by atoms with van der Waals surface area (Å²) in [6.07, 6.45) is 3.77. The van der Waals surface area contributed by atoms with Crippen molar-refractivity contribution >= 4 is 11.3 Å². The van der Waals surface area contributed by atoms with Gasteiger partial charge >= 0.3 is 0 Å². The van der Waals surface area contributed by atoms with Crippen LogP contribution in [-0.2, 0) is 6.42 Å². The van der Waals surface area contributed by atoms with E-state index in [-0.39, 0.29) is 12.4 Å². The van der Waals surface area contributed by atoms with E-state index < -0.39 is 0 Å². The number of pyridine rings is 1. The Hall–Kier alpha value is -1.43. The second-order valence-electron chi connectivity index (χ2n) is 6.88. The van der Waals surface area contributed by atoms with Crippen molar-refractivity contribution in [3.8, 4) is 5.75 Å². The third-order valence-corrected chi connectivity index (χ3v) is 5.97. The van der Waals surface area contributed by atoms with Crippen LogP contribution in [0.15, 0.2) is 35.8 Å². The molecule has 3 heterocycles. The molecule has 5 heteroatoms. The lowest BCUT2D eigenvalue weighted by atomic mass is 9.92. The van der Waals surface area contributed by atoms with E-state index in [0.717, 1.165) is 38.2 Å². The van der Waals surface area contributed by atoms with Crippen LogP contribution in [0.1, 0.15) is 29.8 Å². The maximum Gasteiger partial charge on any atom is 0.133 e. The number of nitrogens with zero attached hydrogens (tertiary/aromatic N) is 2. The van der Waals surface area contributed by atoms with Crippen LogP contribution >= 0.6 is 11.3 Å². The molecule has 0 aliphatic carbocycles. The van der Waals surface area contributed by atoms with Gasteiger partial charge in [-0.1, -0.05) is 13.0 Å². The summed E-state index contributed by atoms with van der Waals surface area (Å²) in [6.45, 7) is 5.42. The molecule has 24 heavy (non-hydrogen) atoms. The van der Waals surface area contributed by atoms with Gasteiger partial charge in [-0.25, -0.2) is 0 Å². The van der Waals surface area contributed by atoms with E-state index in [1.165, 1.54) is 11.1 Å². The molecule has 2 aromatic heterocycles. The fourth-order valence-electron chi connectivity index (χ4n) is 3.67. The fraction of sp³-hybridized carbons (Fsp3) is 0.526. The topological polar surface area (TPSA) is 56.6 Å². The van der Waals surface area contributed by atoms with E-state index in [9.17, 15) is 10.2 Å². The molecule has 0 aromatic carbocycles. The molecular formula is C19H26N2O2S. The number of thiophene rings is 1. The fourth-order valence-corrected chi connectivity index (χ4v) is 4.40. The van der Waals surface area contributed by atoms with Crippen molar-refractivity contribution in [1.29, 1.82) is 0 Å². The minimum absolute atomic E-state index is 0.209. The van der Waals surface area contributed by atoms with Crippen LogP contribution in [0.3, 0.4) is 0 Å².